The summed E-state index contributed by atoms with van der Waals surface area (Å²) in [6.45, 7) is 9.93. The van der Waals surface area contributed by atoms with Gasteiger partial charge in [0, 0.05) is 12.2 Å². The molecular formula is C21H24F3N5O. The van der Waals surface area contributed by atoms with Gasteiger partial charge in [-0.25, -0.2) is 0 Å². The van der Waals surface area contributed by atoms with Crippen molar-refractivity contribution in [1.82, 2.24) is 19.6 Å². The number of carbonyl (C=O) groups is 1. The summed E-state index contributed by atoms with van der Waals surface area (Å²) in [7, 11) is 0. The summed E-state index contributed by atoms with van der Waals surface area (Å²) in [6, 6.07) is 5.15. The Balaban J connectivity index is 1.86. The molecule has 0 spiro atoms. The van der Waals surface area contributed by atoms with Crippen LogP contribution in [0.5, 0.6) is 0 Å². The molecule has 0 aliphatic carbocycles. The Labute approximate surface area is 172 Å². The molecule has 2 aromatic heterocycles. The number of amides is 1. The van der Waals surface area contributed by atoms with Gasteiger partial charge in [0.15, 0.2) is 0 Å². The van der Waals surface area contributed by atoms with Crippen LogP contribution in [0.15, 0.2) is 24.3 Å². The first-order valence-electron chi connectivity index (χ1n) is 9.58. The van der Waals surface area contributed by atoms with E-state index in [1.165, 1.54) is 6.07 Å². The van der Waals surface area contributed by atoms with Crippen LogP contribution in [-0.2, 0) is 19.3 Å². The van der Waals surface area contributed by atoms with Crippen molar-refractivity contribution in [2.45, 2.75) is 53.9 Å². The smallest absolute Gasteiger partial charge is 0.319 e. The van der Waals surface area contributed by atoms with E-state index in [1.807, 2.05) is 13.8 Å². The number of hydrogen-bond donors (Lipinski definition) is 1. The highest BCUT2D eigenvalue weighted by Crippen LogP contribution is 2.30. The lowest BCUT2D eigenvalue weighted by Crippen LogP contribution is -2.15. The normalized spacial score (nSPS) is 11.7. The zero-order valence-corrected chi connectivity index (χ0v) is 17.6. The fraction of sp³-hybridized carbons (Fsp3) is 0.381. The summed E-state index contributed by atoms with van der Waals surface area (Å²) >= 11 is 0. The third kappa shape index (κ3) is 4.10. The standard InChI is InChI=1S/C21H24F3N5O/c1-6-28-14(4)18(12(2)26-28)20(30)25-19-13(3)27-29(15(19)5)11-16-8-7-9-17(10-16)21(22,23)24/h7-10H,6,11H2,1-5H3,(H,25,30). The summed E-state index contributed by atoms with van der Waals surface area (Å²) in [4.78, 5) is 12.9. The molecule has 0 saturated carbocycles. The Hall–Kier alpha value is -3.10. The number of nitrogens with zero attached hydrogens (tertiary/aromatic N) is 4. The maximum Gasteiger partial charge on any atom is 0.416 e. The molecule has 30 heavy (non-hydrogen) atoms. The van der Waals surface area contributed by atoms with Crippen molar-refractivity contribution in [3.63, 3.8) is 0 Å². The van der Waals surface area contributed by atoms with Crippen LogP contribution in [0.4, 0.5) is 18.9 Å². The molecule has 9 heteroatoms. The Morgan fingerprint density at radius 1 is 1.03 bits per heavy atom. The van der Waals surface area contributed by atoms with Crippen LogP contribution in [-0.4, -0.2) is 25.5 Å². The van der Waals surface area contributed by atoms with Crippen molar-refractivity contribution in [2.24, 2.45) is 0 Å². The molecule has 0 saturated heterocycles. The summed E-state index contributed by atoms with van der Waals surface area (Å²) < 4.78 is 42.3. The number of halogens is 3. The number of alkyl halides is 3. The molecule has 2 heterocycles. The van der Waals surface area contributed by atoms with E-state index >= 15 is 0 Å². The van der Waals surface area contributed by atoms with E-state index in [0.717, 1.165) is 17.8 Å². The highest BCUT2D eigenvalue weighted by Gasteiger charge is 2.30. The van der Waals surface area contributed by atoms with E-state index in [9.17, 15) is 18.0 Å². The average molecular weight is 419 g/mol. The van der Waals surface area contributed by atoms with Crippen LogP contribution in [0.1, 0.15) is 51.2 Å². The Bertz CT molecular complexity index is 1090. The lowest BCUT2D eigenvalue weighted by molar-refractivity contribution is -0.137. The second-order valence-electron chi connectivity index (χ2n) is 7.22. The number of aryl methyl sites for hydroxylation is 3. The molecule has 0 aliphatic heterocycles. The van der Waals surface area contributed by atoms with Crippen LogP contribution in [0.3, 0.4) is 0 Å². The zero-order valence-electron chi connectivity index (χ0n) is 17.6. The molecule has 0 bridgehead atoms. The minimum absolute atomic E-state index is 0.165. The largest absolute Gasteiger partial charge is 0.416 e. The van der Waals surface area contributed by atoms with Crippen LogP contribution < -0.4 is 5.32 Å². The molecule has 0 unspecified atom stereocenters. The summed E-state index contributed by atoms with van der Waals surface area (Å²) in [5.74, 6) is -0.283. The first kappa shape index (κ1) is 21.6. The number of benzene rings is 1. The van der Waals surface area contributed by atoms with Gasteiger partial charge in [0.25, 0.3) is 5.91 Å². The molecule has 6 nitrogen and oxygen atoms in total. The number of anilines is 1. The molecule has 160 valence electrons. The summed E-state index contributed by atoms with van der Waals surface area (Å²) in [6.07, 6.45) is -4.40. The molecule has 0 aliphatic rings. The first-order valence-corrected chi connectivity index (χ1v) is 9.58. The highest BCUT2D eigenvalue weighted by molar-refractivity contribution is 6.06. The van der Waals surface area contributed by atoms with Crippen molar-refractivity contribution in [3.05, 3.63) is 63.7 Å². The van der Waals surface area contributed by atoms with Gasteiger partial charge >= 0.3 is 6.18 Å². The minimum atomic E-state index is -4.40. The number of aromatic nitrogens is 4. The molecule has 0 atom stereocenters. The fourth-order valence-electron chi connectivity index (χ4n) is 3.56. The third-order valence-electron chi connectivity index (χ3n) is 5.11. The molecule has 1 aromatic carbocycles. The quantitative estimate of drug-likeness (QED) is 0.655. The molecule has 1 N–H and O–H groups in total. The lowest BCUT2D eigenvalue weighted by atomic mass is 10.1. The number of nitrogens with one attached hydrogen (secondary N) is 1. The first-order chi connectivity index (χ1) is 14.0. The topological polar surface area (TPSA) is 64.7 Å². The average Bonchev–Trinajstić information content (AvgIpc) is 3.10. The van der Waals surface area contributed by atoms with E-state index < -0.39 is 11.7 Å². The SMILES string of the molecule is CCn1nc(C)c(C(=O)Nc2c(C)nn(Cc3cccc(C(F)(F)F)c3)c2C)c1C. The van der Waals surface area contributed by atoms with Gasteiger partial charge in [-0.05, 0) is 52.3 Å². The Morgan fingerprint density at radius 3 is 2.30 bits per heavy atom. The maximum absolute atomic E-state index is 13.0. The van der Waals surface area contributed by atoms with Crippen LogP contribution in [0, 0.1) is 27.7 Å². The highest BCUT2D eigenvalue weighted by atomic mass is 19.4. The minimum Gasteiger partial charge on any atom is -0.319 e. The van der Waals surface area contributed by atoms with Gasteiger partial charge in [-0.15, -0.1) is 0 Å². The number of hydrogen-bond acceptors (Lipinski definition) is 3. The van der Waals surface area contributed by atoms with E-state index in [4.69, 9.17) is 0 Å². The summed E-state index contributed by atoms with van der Waals surface area (Å²) in [5, 5.41) is 11.7. The molecule has 0 radical (unpaired) electrons. The van der Waals surface area contributed by atoms with E-state index in [1.54, 1.807) is 36.2 Å². The van der Waals surface area contributed by atoms with Crippen molar-refractivity contribution in [3.8, 4) is 0 Å². The van der Waals surface area contributed by atoms with Crippen molar-refractivity contribution < 1.29 is 18.0 Å². The number of rotatable bonds is 5. The predicted octanol–water partition coefficient (Wildman–Crippen LogP) is 4.65. The Morgan fingerprint density at radius 2 is 1.70 bits per heavy atom. The maximum atomic E-state index is 13.0. The second-order valence-corrected chi connectivity index (χ2v) is 7.22. The van der Waals surface area contributed by atoms with E-state index in [0.29, 0.717) is 40.4 Å². The van der Waals surface area contributed by atoms with Gasteiger partial charge in [0.2, 0.25) is 0 Å². The summed E-state index contributed by atoms with van der Waals surface area (Å²) in [5.41, 5.74) is 3.51. The van der Waals surface area contributed by atoms with Gasteiger partial charge in [0.05, 0.1) is 40.4 Å². The second kappa shape index (κ2) is 7.97. The van der Waals surface area contributed by atoms with Gasteiger partial charge in [-0.2, -0.15) is 23.4 Å². The number of carbonyl (C=O) groups excluding carboxylic acids is 1. The van der Waals surface area contributed by atoms with E-state index in [-0.39, 0.29) is 12.5 Å². The molecule has 3 rings (SSSR count). The van der Waals surface area contributed by atoms with Gasteiger partial charge < -0.3 is 5.32 Å². The van der Waals surface area contributed by atoms with E-state index in [2.05, 4.69) is 15.5 Å². The predicted molar refractivity (Wildman–Crippen MR) is 108 cm³/mol. The molecular weight excluding hydrogens is 395 g/mol. The van der Waals surface area contributed by atoms with Gasteiger partial charge in [0.1, 0.15) is 0 Å². The molecule has 1 amide bonds. The van der Waals surface area contributed by atoms with Crippen molar-refractivity contribution in [1.29, 1.82) is 0 Å². The van der Waals surface area contributed by atoms with Crippen molar-refractivity contribution in [2.75, 3.05) is 5.32 Å². The van der Waals surface area contributed by atoms with Crippen molar-refractivity contribution >= 4 is 11.6 Å². The lowest BCUT2D eigenvalue weighted by Gasteiger charge is -2.10. The Kier molecular flexibility index (Phi) is 5.74. The third-order valence-corrected chi connectivity index (χ3v) is 5.11. The van der Waals surface area contributed by atoms with Gasteiger partial charge in [-0.1, -0.05) is 12.1 Å². The van der Waals surface area contributed by atoms with Crippen LogP contribution >= 0.6 is 0 Å². The fourth-order valence-corrected chi connectivity index (χ4v) is 3.56. The molecule has 3 aromatic rings. The zero-order chi connectivity index (χ0) is 22.2. The van der Waals surface area contributed by atoms with Crippen LogP contribution in [0.25, 0.3) is 0 Å². The monoisotopic (exact) mass is 419 g/mol. The molecule has 0 fully saturated rings. The van der Waals surface area contributed by atoms with Crippen LogP contribution in [0.2, 0.25) is 0 Å². The van der Waals surface area contributed by atoms with Gasteiger partial charge in [-0.3, -0.25) is 14.2 Å².